The molecule has 0 heterocycles. The molecular formula is C12H20N2O5. The largest absolute Gasteiger partial charge is 0.480 e. The van der Waals surface area contributed by atoms with Crippen molar-refractivity contribution in [3.8, 4) is 0 Å². The highest BCUT2D eigenvalue weighted by molar-refractivity contribution is 5.88. The fourth-order valence-corrected chi connectivity index (χ4v) is 2.21. The summed E-state index contributed by atoms with van der Waals surface area (Å²) in [6, 6.07) is -1.52. The van der Waals surface area contributed by atoms with E-state index in [0.29, 0.717) is 6.42 Å². The molecule has 1 fully saturated rings. The molecule has 7 nitrogen and oxygen atoms in total. The number of carboxylic acids is 1. The maximum Gasteiger partial charge on any atom is 0.326 e. The normalized spacial score (nSPS) is 24.3. The van der Waals surface area contributed by atoms with Gasteiger partial charge < -0.3 is 20.9 Å². The molecule has 1 amide bonds. The molecule has 0 spiro atoms. The molecule has 0 radical (unpaired) electrons. The van der Waals surface area contributed by atoms with Crippen molar-refractivity contribution in [1.82, 2.24) is 5.32 Å². The number of hydrogen-bond acceptors (Lipinski definition) is 5. The second-order valence-corrected chi connectivity index (χ2v) is 4.73. The number of rotatable bonds is 5. The molecule has 1 rings (SSSR count). The zero-order valence-corrected chi connectivity index (χ0v) is 10.9. The van der Waals surface area contributed by atoms with Gasteiger partial charge in [0.25, 0.3) is 0 Å². The molecule has 0 aromatic heterocycles. The van der Waals surface area contributed by atoms with Crippen LogP contribution in [-0.2, 0) is 19.1 Å². The third kappa shape index (κ3) is 4.51. The summed E-state index contributed by atoms with van der Waals surface area (Å²) in [5.74, 6) is -2.72. The van der Waals surface area contributed by atoms with Crippen LogP contribution >= 0.6 is 0 Å². The molecule has 0 bridgehead atoms. The zero-order chi connectivity index (χ0) is 14.4. The molecule has 2 unspecified atom stereocenters. The second kappa shape index (κ2) is 7.08. The fourth-order valence-electron chi connectivity index (χ4n) is 2.21. The maximum absolute atomic E-state index is 12.0. The van der Waals surface area contributed by atoms with E-state index in [9.17, 15) is 14.4 Å². The predicted molar refractivity (Wildman–Crippen MR) is 66.1 cm³/mol. The van der Waals surface area contributed by atoms with Crippen molar-refractivity contribution in [3.05, 3.63) is 0 Å². The fraction of sp³-hybridized carbons (Fsp3) is 0.750. The molecule has 7 heteroatoms. The van der Waals surface area contributed by atoms with E-state index in [0.717, 1.165) is 19.3 Å². The molecule has 0 aromatic carbocycles. The molecule has 4 N–H and O–H groups in total. The van der Waals surface area contributed by atoms with Crippen molar-refractivity contribution in [2.75, 3.05) is 7.11 Å². The van der Waals surface area contributed by atoms with E-state index in [4.69, 9.17) is 10.8 Å². The molecule has 0 aromatic rings. The highest BCUT2D eigenvalue weighted by Crippen LogP contribution is 2.23. The van der Waals surface area contributed by atoms with E-state index in [1.165, 1.54) is 7.11 Å². The smallest absolute Gasteiger partial charge is 0.326 e. The van der Waals surface area contributed by atoms with Crippen LogP contribution in [-0.4, -0.2) is 42.1 Å². The van der Waals surface area contributed by atoms with Crippen LogP contribution < -0.4 is 11.1 Å². The van der Waals surface area contributed by atoms with Gasteiger partial charge in [-0.2, -0.15) is 0 Å². The summed E-state index contributed by atoms with van der Waals surface area (Å²) in [4.78, 5) is 34.1. The lowest BCUT2D eigenvalue weighted by Gasteiger charge is -2.28. The van der Waals surface area contributed by atoms with Crippen LogP contribution in [0.15, 0.2) is 0 Å². The lowest BCUT2D eigenvalue weighted by atomic mass is 9.84. The number of hydrogen-bond donors (Lipinski definition) is 3. The first-order chi connectivity index (χ1) is 8.95. The van der Waals surface area contributed by atoms with Gasteiger partial charge in [0.05, 0.1) is 19.4 Å². The van der Waals surface area contributed by atoms with Gasteiger partial charge >= 0.3 is 11.9 Å². The van der Waals surface area contributed by atoms with Crippen molar-refractivity contribution in [1.29, 1.82) is 0 Å². The van der Waals surface area contributed by atoms with Crippen molar-refractivity contribution < 1.29 is 24.2 Å². The lowest BCUT2D eigenvalue weighted by molar-refractivity contribution is -0.149. The van der Waals surface area contributed by atoms with Crippen LogP contribution in [0.25, 0.3) is 0 Å². The van der Waals surface area contributed by atoms with Crippen molar-refractivity contribution in [2.45, 2.75) is 44.2 Å². The van der Waals surface area contributed by atoms with Crippen LogP contribution in [0, 0.1) is 5.92 Å². The van der Waals surface area contributed by atoms with Crippen LogP contribution in [0.2, 0.25) is 0 Å². The predicted octanol–water partition coefficient (Wildman–Crippen LogP) is -0.364. The molecule has 1 aliphatic rings. The molecule has 0 aliphatic heterocycles. The number of carboxylic acid groups (broad SMARTS) is 1. The number of nitrogens with two attached hydrogens (primary N) is 1. The minimum atomic E-state index is -1.27. The molecule has 19 heavy (non-hydrogen) atoms. The number of nitrogens with one attached hydrogen (secondary N) is 1. The number of carbonyl (C=O) groups excluding carboxylic acids is 2. The van der Waals surface area contributed by atoms with E-state index in [-0.39, 0.29) is 18.4 Å². The number of ether oxygens (including phenoxy) is 1. The summed E-state index contributed by atoms with van der Waals surface area (Å²) in [6.07, 6.45) is 2.90. The lowest BCUT2D eigenvalue weighted by Crippen LogP contribution is -2.49. The van der Waals surface area contributed by atoms with Gasteiger partial charge in [0, 0.05) is 6.04 Å². The van der Waals surface area contributed by atoms with Crippen LogP contribution in [0.3, 0.4) is 0 Å². The molecule has 108 valence electrons. The second-order valence-electron chi connectivity index (χ2n) is 4.73. The Kier molecular flexibility index (Phi) is 5.75. The highest BCUT2D eigenvalue weighted by Gasteiger charge is 2.32. The quantitative estimate of drug-likeness (QED) is 0.588. The van der Waals surface area contributed by atoms with E-state index in [2.05, 4.69) is 10.1 Å². The van der Waals surface area contributed by atoms with Gasteiger partial charge in [0.2, 0.25) is 5.91 Å². The number of methoxy groups -OCH3 is 1. The van der Waals surface area contributed by atoms with Gasteiger partial charge in [-0.15, -0.1) is 0 Å². The number of esters is 1. The average molecular weight is 272 g/mol. The summed E-state index contributed by atoms with van der Waals surface area (Å²) < 4.78 is 4.40. The average Bonchev–Trinajstić information content (AvgIpc) is 2.37. The Bertz CT molecular complexity index is 358. The van der Waals surface area contributed by atoms with Gasteiger partial charge in [-0.3, -0.25) is 9.59 Å². The molecular weight excluding hydrogens is 252 g/mol. The standard InChI is InChI=1S/C12H20N2O5/c1-19-10(15)6-9(12(17)18)14-11(16)7-4-2-3-5-8(7)13/h7-9H,2-6,13H2,1H3,(H,14,16)(H,17,18)/t7?,8?,9-/m0/s1. The first kappa shape index (κ1) is 15.4. The Morgan fingerprint density at radius 3 is 2.53 bits per heavy atom. The molecule has 0 saturated heterocycles. The Hall–Kier alpha value is -1.63. The van der Waals surface area contributed by atoms with Gasteiger partial charge in [0.15, 0.2) is 0 Å². The topological polar surface area (TPSA) is 119 Å². The molecule has 1 aliphatic carbocycles. The van der Waals surface area contributed by atoms with E-state index >= 15 is 0 Å². The van der Waals surface area contributed by atoms with E-state index < -0.39 is 23.9 Å². The van der Waals surface area contributed by atoms with Crippen molar-refractivity contribution >= 4 is 17.8 Å². The van der Waals surface area contributed by atoms with Gasteiger partial charge in [-0.1, -0.05) is 12.8 Å². The van der Waals surface area contributed by atoms with Gasteiger partial charge in [0.1, 0.15) is 6.04 Å². The summed E-state index contributed by atoms with van der Waals surface area (Å²) in [7, 11) is 1.17. The summed E-state index contributed by atoms with van der Waals surface area (Å²) >= 11 is 0. The maximum atomic E-state index is 12.0. The van der Waals surface area contributed by atoms with Crippen LogP contribution in [0.1, 0.15) is 32.1 Å². The van der Waals surface area contributed by atoms with E-state index in [1.807, 2.05) is 0 Å². The monoisotopic (exact) mass is 272 g/mol. The summed E-state index contributed by atoms with van der Waals surface area (Å²) in [5.41, 5.74) is 5.86. The molecule has 1 saturated carbocycles. The van der Waals surface area contributed by atoms with E-state index in [1.54, 1.807) is 0 Å². The first-order valence-corrected chi connectivity index (χ1v) is 6.31. The number of amides is 1. The first-order valence-electron chi connectivity index (χ1n) is 6.31. The van der Waals surface area contributed by atoms with Crippen LogP contribution in [0.4, 0.5) is 0 Å². The van der Waals surface area contributed by atoms with Crippen molar-refractivity contribution in [2.24, 2.45) is 11.7 Å². The Morgan fingerprint density at radius 1 is 1.37 bits per heavy atom. The Morgan fingerprint density at radius 2 is 2.00 bits per heavy atom. The molecule has 3 atom stereocenters. The van der Waals surface area contributed by atoms with Crippen molar-refractivity contribution in [3.63, 3.8) is 0 Å². The minimum Gasteiger partial charge on any atom is -0.480 e. The third-order valence-corrected chi connectivity index (χ3v) is 3.37. The highest BCUT2D eigenvalue weighted by atomic mass is 16.5. The van der Waals surface area contributed by atoms with Gasteiger partial charge in [-0.25, -0.2) is 4.79 Å². The van der Waals surface area contributed by atoms with Crippen LogP contribution in [0.5, 0.6) is 0 Å². The SMILES string of the molecule is COC(=O)C[C@H](NC(=O)C1CCCCC1N)C(=O)O. The zero-order valence-electron chi connectivity index (χ0n) is 10.9. The Balaban J connectivity index is 2.60. The minimum absolute atomic E-state index is 0.249. The third-order valence-electron chi connectivity index (χ3n) is 3.37. The summed E-state index contributed by atoms with van der Waals surface area (Å²) in [5, 5.41) is 11.3. The Labute approximate surface area is 111 Å². The van der Waals surface area contributed by atoms with Gasteiger partial charge in [-0.05, 0) is 12.8 Å². The summed E-state index contributed by atoms with van der Waals surface area (Å²) in [6.45, 7) is 0. The number of aliphatic carboxylic acids is 1. The number of carbonyl (C=O) groups is 3.